The van der Waals surface area contributed by atoms with Crippen molar-refractivity contribution in [2.45, 2.75) is 51.5 Å². The van der Waals surface area contributed by atoms with Crippen LogP contribution in [0.5, 0.6) is 0 Å². The standard InChI is InChI=1S/C20H33NO9/c1-7-17(23)29-12-20(6,13-30-18(24)8-2)21-19(25)28-11-16(5)27-10-15(4)26-9-14(3)22/h7-8,14-16,22H,1-2,9-13H2,3-6H3,(H,21,25). The van der Waals surface area contributed by atoms with Gasteiger partial charge < -0.3 is 34.1 Å². The number of alkyl carbamates (subject to hydrolysis) is 1. The van der Waals surface area contributed by atoms with Gasteiger partial charge in [0.25, 0.3) is 0 Å². The number of esters is 2. The maximum atomic E-state index is 12.1. The molecule has 30 heavy (non-hydrogen) atoms. The van der Waals surface area contributed by atoms with E-state index < -0.39 is 35.8 Å². The highest BCUT2D eigenvalue weighted by atomic mass is 16.6. The van der Waals surface area contributed by atoms with Gasteiger partial charge in [-0.1, -0.05) is 13.2 Å². The summed E-state index contributed by atoms with van der Waals surface area (Å²) in [6.07, 6.45) is -0.0905. The number of carbonyl (C=O) groups is 3. The molecule has 10 heteroatoms. The van der Waals surface area contributed by atoms with Crippen LogP contribution < -0.4 is 5.32 Å². The molecule has 0 saturated carbocycles. The summed E-state index contributed by atoms with van der Waals surface area (Å²) < 4.78 is 25.9. The molecule has 0 aromatic rings. The molecule has 3 unspecified atom stereocenters. The number of aliphatic hydroxyl groups excluding tert-OH is 1. The molecule has 0 fully saturated rings. The Labute approximate surface area is 177 Å². The van der Waals surface area contributed by atoms with Crippen molar-refractivity contribution in [1.82, 2.24) is 5.32 Å². The number of nitrogens with one attached hydrogen (secondary N) is 1. The lowest BCUT2D eigenvalue weighted by atomic mass is 10.1. The molecule has 0 radical (unpaired) electrons. The van der Waals surface area contributed by atoms with Crippen molar-refractivity contribution in [3.8, 4) is 0 Å². The average molecular weight is 431 g/mol. The third-order valence-electron chi connectivity index (χ3n) is 3.49. The van der Waals surface area contributed by atoms with Crippen LogP contribution >= 0.6 is 0 Å². The first kappa shape index (κ1) is 27.6. The summed E-state index contributed by atoms with van der Waals surface area (Å²) in [5.74, 6) is -1.39. The molecule has 0 aromatic heterocycles. The Balaban J connectivity index is 4.53. The molecule has 0 spiro atoms. The molecule has 10 nitrogen and oxygen atoms in total. The summed E-state index contributed by atoms with van der Waals surface area (Å²) in [5, 5.41) is 11.7. The van der Waals surface area contributed by atoms with Crippen LogP contribution in [0.25, 0.3) is 0 Å². The summed E-state index contributed by atoms with van der Waals surface area (Å²) in [7, 11) is 0. The zero-order valence-corrected chi connectivity index (χ0v) is 18.0. The van der Waals surface area contributed by atoms with E-state index in [-0.39, 0.29) is 39.1 Å². The van der Waals surface area contributed by atoms with Crippen LogP contribution in [0.15, 0.2) is 25.3 Å². The summed E-state index contributed by atoms with van der Waals surface area (Å²) in [5.41, 5.74) is -1.23. The van der Waals surface area contributed by atoms with Gasteiger partial charge in [-0.3, -0.25) is 0 Å². The number of aliphatic hydroxyl groups is 1. The van der Waals surface area contributed by atoms with Gasteiger partial charge in [0, 0.05) is 12.2 Å². The van der Waals surface area contributed by atoms with Crippen molar-refractivity contribution in [2.75, 3.05) is 33.0 Å². The van der Waals surface area contributed by atoms with Crippen molar-refractivity contribution < 1.29 is 43.2 Å². The van der Waals surface area contributed by atoms with Gasteiger partial charge in [0.05, 0.1) is 31.5 Å². The SMILES string of the molecule is C=CC(=O)OCC(C)(COC(=O)C=C)NC(=O)OCC(C)OCC(C)OCC(C)O. The van der Waals surface area contributed by atoms with E-state index in [4.69, 9.17) is 23.7 Å². The van der Waals surface area contributed by atoms with Crippen LogP contribution in [0.1, 0.15) is 27.7 Å². The topological polar surface area (TPSA) is 130 Å². The number of carbonyl (C=O) groups excluding carboxylic acids is 3. The van der Waals surface area contributed by atoms with Crippen LogP contribution in [0.4, 0.5) is 4.79 Å². The third-order valence-corrected chi connectivity index (χ3v) is 3.49. The van der Waals surface area contributed by atoms with E-state index in [0.29, 0.717) is 0 Å². The molecule has 2 N–H and O–H groups in total. The highest BCUT2D eigenvalue weighted by molar-refractivity contribution is 5.81. The Hall–Kier alpha value is -2.43. The van der Waals surface area contributed by atoms with E-state index in [1.807, 2.05) is 0 Å². The molecule has 0 rings (SSSR count). The van der Waals surface area contributed by atoms with Crippen LogP contribution in [0, 0.1) is 0 Å². The fourth-order valence-corrected chi connectivity index (χ4v) is 1.87. The Morgan fingerprint density at radius 1 is 0.900 bits per heavy atom. The van der Waals surface area contributed by atoms with E-state index >= 15 is 0 Å². The van der Waals surface area contributed by atoms with Crippen LogP contribution in [-0.2, 0) is 33.3 Å². The van der Waals surface area contributed by atoms with E-state index in [1.165, 1.54) is 6.92 Å². The van der Waals surface area contributed by atoms with E-state index in [1.54, 1.807) is 20.8 Å². The molecule has 3 atom stereocenters. The van der Waals surface area contributed by atoms with Gasteiger partial charge in [-0.25, -0.2) is 14.4 Å². The van der Waals surface area contributed by atoms with E-state index in [0.717, 1.165) is 12.2 Å². The summed E-state index contributed by atoms with van der Waals surface area (Å²) in [6, 6.07) is 0. The Kier molecular flexibility index (Phi) is 13.4. The first-order valence-corrected chi connectivity index (χ1v) is 9.46. The molecule has 0 aliphatic heterocycles. The number of hydrogen-bond acceptors (Lipinski definition) is 9. The molecule has 1 amide bonds. The molecule has 0 heterocycles. The van der Waals surface area contributed by atoms with E-state index in [2.05, 4.69) is 18.5 Å². The van der Waals surface area contributed by atoms with Crippen LogP contribution in [0.3, 0.4) is 0 Å². The van der Waals surface area contributed by atoms with Crippen molar-refractivity contribution >= 4 is 18.0 Å². The van der Waals surface area contributed by atoms with Crippen molar-refractivity contribution in [3.63, 3.8) is 0 Å². The lowest BCUT2D eigenvalue weighted by Gasteiger charge is -2.29. The smallest absolute Gasteiger partial charge is 0.407 e. The number of ether oxygens (including phenoxy) is 5. The molecule has 0 saturated heterocycles. The predicted octanol–water partition coefficient (Wildman–Crippen LogP) is 1.12. The summed E-state index contributed by atoms with van der Waals surface area (Å²) in [4.78, 5) is 34.8. The third kappa shape index (κ3) is 13.7. The predicted molar refractivity (Wildman–Crippen MR) is 108 cm³/mol. The Morgan fingerprint density at radius 3 is 1.83 bits per heavy atom. The second-order valence-corrected chi connectivity index (χ2v) is 7.04. The summed E-state index contributed by atoms with van der Waals surface area (Å²) in [6.45, 7) is 13.1. The minimum Gasteiger partial charge on any atom is -0.460 e. The van der Waals surface area contributed by atoms with E-state index in [9.17, 15) is 19.5 Å². The van der Waals surface area contributed by atoms with Gasteiger partial charge in [-0.05, 0) is 27.7 Å². The molecule has 172 valence electrons. The van der Waals surface area contributed by atoms with Crippen LogP contribution in [0.2, 0.25) is 0 Å². The van der Waals surface area contributed by atoms with Crippen LogP contribution in [-0.4, -0.2) is 80.0 Å². The highest BCUT2D eigenvalue weighted by Gasteiger charge is 2.31. The Bertz CT molecular complexity index is 553. The number of rotatable bonds is 15. The van der Waals surface area contributed by atoms with Crippen molar-refractivity contribution in [2.24, 2.45) is 0 Å². The van der Waals surface area contributed by atoms with Gasteiger partial charge in [-0.15, -0.1) is 0 Å². The maximum absolute atomic E-state index is 12.1. The largest absolute Gasteiger partial charge is 0.460 e. The van der Waals surface area contributed by atoms with Gasteiger partial charge in [0.2, 0.25) is 0 Å². The molecule has 0 aliphatic rings. The fourth-order valence-electron chi connectivity index (χ4n) is 1.87. The minimum absolute atomic E-state index is 0.0517. The number of hydrogen-bond donors (Lipinski definition) is 2. The van der Waals surface area contributed by atoms with Crippen molar-refractivity contribution in [1.29, 1.82) is 0 Å². The first-order chi connectivity index (χ1) is 14.0. The second-order valence-electron chi connectivity index (χ2n) is 7.04. The molecule has 0 aromatic carbocycles. The van der Waals surface area contributed by atoms with Gasteiger partial charge in [0.1, 0.15) is 25.4 Å². The zero-order chi connectivity index (χ0) is 23.2. The lowest BCUT2D eigenvalue weighted by molar-refractivity contribution is -0.144. The lowest BCUT2D eigenvalue weighted by Crippen LogP contribution is -2.54. The maximum Gasteiger partial charge on any atom is 0.407 e. The highest BCUT2D eigenvalue weighted by Crippen LogP contribution is 2.08. The first-order valence-electron chi connectivity index (χ1n) is 9.46. The zero-order valence-electron chi connectivity index (χ0n) is 18.0. The van der Waals surface area contributed by atoms with Gasteiger partial charge in [-0.2, -0.15) is 0 Å². The number of amides is 1. The van der Waals surface area contributed by atoms with Crippen molar-refractivity contribution in [3.05, 3.63) is 25.3 Å². The average Bonchev–Trinajstić information content (AvgIpc) is 2.71. The van der Waals surface area contributed by atoms with Gasteiger partial charge in [0.15, 0.2) is 0 Å². The molecular weight excluding hydrogens is 398 g/mol. The van der Waals surface area contributed by atoms with Gasteiger partial charge >= 0.3 is 18.0 Å². The fraction of sp³-hybridized carbons (Fsp3) is 0.650. The quantitative estimate of drug-likeness (QED) is 0.222. The normalized spacial score (nSPS) is 14.0. The monoisotopic (exact) mass is 431 g/mol. The second kappa shape index (κ2) is 14.5. The summed E-state index contributed by atoms with van der Waals surface area (Å²) >= 11 is 0. The Morgan fingerprint density at radius 2 is 1.37 bits per heavy atom. The molecule has 0 bridgehead atoms. The molecular formula is C20H33NO9. The minimum atomic E-state index is -1.23. The molecule has 0 aliphatic carbocycles.